The molecule has 0 saturated heterocycles. The van der Waals surface area contributed by atoms with E-state index >= 15 is 0 Å². The summed E-state index contributed by atoms with van der Waals surface area (Å²) in [5.74, 6) is 0.577. The summed E-state index contributed by atoms with van der Waals surface area (Å²) in [6.07, 6.45) is 7.24. The van der Waals surface area contributed by atoms with Crippen LogP contribution in [0, 0.1) is 0 Å². The highest BCUT2D eigenvalue weighted by Crippen LogP contribution is 2.38. The maximum absolute atomic E-state index is 10.8. The van der Waals surface area contributed by atoms with Gasteiger partial charge < -0.3 is 0 Å². The highest BCUT2D eigenvalue weighted by Gasteiger charge is 2.21. The summed E-state index contributed by atoms with van der Waals surface area (Å²) in [6, 6.07) is 0. The molecule has 76 valence electrons. The topological polar surface area (TPSA) is 30.0 Å². The predicted octanol–water partition coefficient (Wildman–Crippen LogP) is 3.77. The molecule has 1 fully saturated rings. The van der Waals surface area contributed by atoms with E-state index in [0.717, 1.165) is 10.2 Å². The van der Waals surface area contributed by atoms with Crippen LogP contribution in [0.3, 0.4) is 0 Å². The van der Waals surface area contributed by atoms with E-state index in [9.17, 15) is 4.79 Å². The Bertz CT molecular complexity index is 331. The lowest BCUT2D eigenvalue weighted by atomic mass is 9.88. The Hall–Kier alpha value is -0.220. The summed E-state index contributed by atoms with van der Waals surface area (Å²) >= 11 is 4.96. The Morgan fingerprint density at radius 2 is 2.07 bits per heavy atom. The number of hydrogen-bond acceptors (Lipinski definition) is 3. The molecule has 1 saturated carbocycles. The Kier molecular flexibility index (Phi) is 3.34. The van der Waals surface area contributed by atoms with Gasteiger partial charge in [-0.15, -0.1) is 11.3 Å². The van der Waals surface area contributed by atoms with Crippen molar-refractivity contribution < 1.29 is 4.79 Å². The van der Waals surface area contributed by atoms with Crippen LogP contribution in [0.1, 0.15) is 53.4 Å². The molecule has 0 atom stereocenters. The van der Waals surface area contributed by atoms with Crippen molar-refractivity contribution in [1.29, 1.82) is 0 Å². The van der Waals surface area contributed by atoms with Crippen LogP contribution in [0.5, 0.6) is 0 Å². The third-order valence-corrected chi connectivity index (χ3v) is 4.43. The van der Waals surface area contributed by atoms with E-state index in [1.54, 1.807) is 11.3 Å². The quantitative estimate of drug-likeness (QED) is 0.768. The number of rotatable bonds is 2. The van der Waals surface area contributed by atoms with E-state index in [2.05, 4.69) is 20.9 Å². The van der Waals surface area contributed by atoms with Crippen molar-refractivity contribution in [3.8, 4) is 0 Å². The van der Waals surface area contributed by atoms with Crippen molar-refractivity contribution in [3.63, 3.8) is 0 Å². The minimum Gasteiger partial charge on any atom is -0.296 e. The van der Waals surface area contributed by atoms with Crippen molar-refractivity contribution in [2.45, 2.75) is 38.0 Å². The molecule has 4 heteroatoms. The molecular weight excluding hydrogens is 262 g/mol. The predicted molar refractivity (Wildman–Crippen MR) is 61.0 cm³/mol. The van der Waals surface area contributed by atoms with Crippen LogP contribution in [0.4, 0.5) is 0 Å². The minimum atomic E-state index is 0.577. The largest absolute Gasteiger partial charge is 0.296 e. The zero-order valence-corrected chi connectivity index (χ0v) is 10.2. The molecule has 0 N–H and O–H groups in total. The molecule has 1 aliphatic rings. The van der Waals surface area contributed by atoms with Gasteiger partial charge in [0.25, 0.3) is 0 Å². The zero-order valence-electron chi connectivity index (χ0n) is 7.83. The molecule has 0 bridgehead atoms. The van der Waals surface area contributed by atoms with Crippen LogP contribution in [-0.4, -0.2) is 11.3 Å². The number of carbonyl (C=O) groups is 1. The molecular formula is C10H12BrNOS. The van der Waals surface area contributed by atoms with Crippen LogP contribution in [0.15, 0.2) is 3.92 Å². The maximum atomic E-state index is 10.8. The molecule has 0 amide bonds. The van der Waals surface area contributed by atoms with E-state index in [1.165, 1.54) is 37.0 Å². The second kappa shape index (κ2) is 4.53. The van der Waals surface area contributed by atoms with Crippen molar-refractivity contribution in [2.24, 2.45) is 0 Å². The first-order valence-electron chi connectivity index (χ1n) is 4.92. The molecule has 2 rings (SSSR count). The summed E-state index contributed by atoms with van der Waals surface area (Å²) in [7, 11) is 0. The van der Waals surface area contributed by atoms with Gasteiger partial charge >= 0.3 is 0 Å². The van der Waals surface area contributed by atoms with Crippen molar-refractivity contribution in [1.82, 2.24) is 4.98 Å². The zero-order chi connectivity index (χ0) is 9.97. The maximum Gasteiger partial charge on any atom is 0.169 e. The monoisotopic (exact) mass is 273 g/mol. The molecule has 0 aliphatic heterocycles. The summed E-state index contributed by atoms with van der Waals surface area (Å²) < 4.78 is 0.833. The van der Waals surface area contributed by atoms with Crippen molar-refractivity contribution in [2.75, 3.05) is 0 Å². The molecule has 1 aromatic heterocycles. The van der Waals surface area contributed by atoms with Gasteiger partial charge in [-0.2, -0.15) is 0 Å². The Morgan fingerprint density at radius 1 is 1.36 bits per heavy atom. The first kappa shape index (κ1) is 10.3. The van der Waals surface area contributed by atoms with Gasteiger partial charge in [-0.25, -0.2) is 4.98 Å². The molecule has 14 heavy (non-hydrogen) atoms. The molecule has 2 nitrogen and oxygen atoms in total. The average Bonchev–Trinajstić information content (AvgIpc) is 2.61. The number of halogens is 1. The third-order valence-electron chi connectivity index (χ3n) is 2.74. The van der Waals surface area contributed by atoms with Crippen molar-refractivity contribution in [3.05, 3.63) is 14.5 Å². The Morgan fingerprint density at radius 3 is 2.71 bits per heavy atom. The number of carbonyl (C=O) groups excluding carboxylic acids is 1. The first-order chi connectivity index (χ1) is 6.81. The lowest BCUT2D eigenvalue weighted by Gasteiger charge is -2.20. The van der Waals surface area contributed by atoms with Gasteiger partial charge in [-0.3, -0.25) is 4.79 Å². The number of nitrogens with zero attached hydrogens (tertiary/aromatic N) is 1. The summed E-state index contributed by atoms with van der Waals surface area (Å²) in [5.41, 5.74) is 0.647. The van der Waals surface area contributed by atoms with Crippen LogP contribution in [0.2, 0.25) is 0 Å². The van der Waals surface area contributed by atoms with Gasteiger partial charge in [0.2, 0.25) is 0 Å². The molecule has 0 unspecified atom stereocenters. The highest BCUT2D eigenvalue weighted by atomic mass is 79.9. The number of aldehydes is 1. The summed E-state index contributed by atoms with van der Waals surface area (Å²) in [6.45, 7) is 0. The van der Waals surface area contributed by atoms with Gasteiger partial charge in [0.15, 0.2) is 10.2 Å². The lowest BCUT2D eigenvalue weighted by Crippen LogP contribution is -2.04. The summed E-state index contributed by atoms with van der Waals surface area (Å²) in [5, 5.41) is 0. The lowest BCUT2D eigenvalue weighted by molar-refractivity contribution is 0.111. The SMILES string of the molecule is O=Cc1nc(Br)sc1C1CCCCC1. The van der Waals surface area contributed by atoms with Crippen LogP contribution in [0.25, 0.3) is 0 Å². The number of aromatic nitrogens is 1. The van der Waals surface area contributed by atoms with E-state index in [4.69, 9.17) is 0 Å². The van der Waals surface area contributed by atoms with Crippen LogP contribution < -0.4 is 0 Å². The average molecular weight is 274 g/mol. The first-order valence-corrected chi connectivity index (χ1v) is 6.53. The van der Waals surface area contributed by atoms with Gasteiger partial charge in [0, 0.05) is 4.88 Å². The molecule has 0 radical (unpaired) electrons. The standard InChI is InChI=1S/C10H12BrNOS/c11-10-12-8(6-13)9(14-10)7-4-2-1-3-5-7/h6-7H,1-5H2. The molecule has 1 aromatic rings. The number of thiazole rings is 1. The fourth-order valence-corrected chi connectivity index (χ4v) is 3.70. The van der Waals surface area contributed by atoms with Gasteiger partial charge in [-0.05, 0) is 34.7 Å². The number of hydrogen-bond donors (Lipinski definition) is 0. The molecule has 0 aromatic carbocycles. The third kappa shape index (κ3) is 2.06. The van der Waals surface area contributed by atoms with Gasteiger partial charge in [0.1, 0.15) is 5.69 Å². The van der Waals surface area contributed by atoms with E-state index in [1.807, 2.05) is 0 Å². The fraction of sp³-hybridized carbons (Fsp3) is 0.600. The second-order valence-corrected chi connectivity index (χ2v) is 5.98. The van der Waals surface area contributed by atoms with E-state index in [-0.39, 0.29) is 0 Å². The minimum absolute atomic E-state index is 0.577. The van der Waals surface area contributed by atoms with Gasteiger partial charge in [0.05, 0.1) is 0 Å². The second-order valence-electron chi connectivity index (χ2n) is 3.67. The van der Waals surface area contributed by atoms with Crippen LogP contribution in [-0.2, 0) is 0 Å². The highest BCUT2D eigenvalue weighted by molar-refractivity contribution is 9.11. The Labute approximate surface area is 95.9 Å². The van der Waals surface area contributed by atoms with Crippen molar-refractivity contribution >= 4 is 33.6 Å². The van der Waals surface area contributed by atoms with Gasteiger partial charge in [-0.1, -0.05) is 19.3 Å². The fourth-order valence-electron chi connectivity index (χ4n) is 2.06. The smallest absolute Gasteiger partial charge is 0.169 e. The Balaban J connectivity index is 2.24. The molecule has 0 spiro atoms. The molecule has 1 heterocycles. The molecule has 1 aliphatic carbocycles. The van der Waals surface area contributed by atoms with E-state index in [0.29, 0.717) is 11.6 Å². The van der Waals surface area contributed by atoms with E-state index < -0.39 is 0 Å². The van der Waals surface area contributed by atoms with Crippen LogP contribution >= 0.6 is 27.3 Å². The normalized spacial score (nSPS) is 18.4. The summed E-state index contributed by atoms with van der Waals surface area (Å²) in [4.78, 5) is 16.2.